The van der Waals surface area contributed by atoms with Crippen LogP contribution in [0.25, 0.3) is 0 Å². The van der Waals surface area contributed by atoms with Gasteiger partial charge < -0.3 is 64.7 Å². The first-order chi connectivity index (χ1) is 35.2. The summed E-state index contributed by atoms with van der Waals surface area (Å²) < 4.78 is 45.6. The Labute approximate surface area is 438 Å². The molecule has 0 bridgehead atoms. The molecule has 0 radical (unpaired) electrons. The lowest BCUT2D eigenvalue weighted by atomic mass is 9.84. The Kier molecular flexibility index (Phi) is 38.7. The van der Waals surface area contributed by atoms with Crippen LogP contribution < -0.4 is 0 Å². The van der Waals surface area contributed by atoms with Crippen molar-refractivity contribution in [1.82, 2.24) is 0 Å². The van der Waals surface area contributed by atoms with Gasteiger partial charge in [0.05, 0.1) is 13.2 Å². The van der Waals surface area contributed by atoms with E-state index in [0.29, 0.717) is 12.8 Å². The number of ether oxygens (including phenoxy) is 4. The Balaban J connectivity index is 1.88. The number of esters is 2. The number of rotatable bonds is 46. The second-order valence-electron chi connectivity index (χ2n) is 20.8. The number of hydrogen-bond acceptors (Lipinski definition) is 17. The summed E-state index contributed by atoms with van der Waals surface area (Å²) in [5.74, 6) is -1.20. The molecule has 0 spiro atoms. The largest absolute Gasteiger partial charge is 0.472 e. The van der Waals surface area contributed by atoms with Crippen LogP contribution in [0.4, 0.5) is 0 Å². The molecule has 0 amide bonds. The van der Waals surface area contributed by atoms with Crippen molar-refractivity contribution in [3.05, 3.63) is 0 Å². The molecule has 1 aliphatic carbocycles. The Morgan fingerprint density at radius 2 is 0.822 bits per heavy atom. The van der Waals surface area contributed by atoms with Crippen LogP contribution in [0.5, 0.6) is 0 Å². The van der Waals surface area contributed by atoms with Crippen molar-refractivity contribution >= 4 is 19.8 Å². The van der Waals surface area contributed by atoms with Gasteiger partial charge in [-0.25, -0.2) is 4.57 Å². The zero-order valence-corrected chi connectivity index (χ0v) is 45.8. The number of unbranched alkanes of at least 4 members (excludes halogenated alkanes) is 31. The minimum absolute atomic E-state index is 0.0405. The van der Waals surface area contributed by atoms with Gasteiger partial charge in [0.15, 0.2) is 12.4 Å². The number of phosphoric acid groups is 1. The summed E-state index contributed by atoms with van der Waals surface area (Å²) in [5.41, 5.74) is 0. The van der Waals surface area contributed by atoms with Gasteiger partial charge in [-0.1, -0.05) is 213 Å². The van der Waals surface area contributed by atoms with E-state index in [2.05, 4.69) is 13.8 Å². The number of hydrogen-bond donors (Lipinski definition) is 9. The minimum Gasteiger partial charge on any atom is -0.462 e. The molecule has 2 aliphatic rings. The monoisotopic (exact) mass is 1070 g/mol. The quantitative estimate of drug-likeness (QED) is 0.0157. The Morgan fingerprint density at radius 3 is 1.22 bits per heavy atom. The fraction of sp³-hybridized carbons (Fsp3) is 0.963. The van der Waals surface area contributed by atoms with Gasteiger partial charge in [-0.05, 0) is 12.8 Å². The molecular weight excluding hydrogens is 968 g/mol. The molecular formula is C54H103O18P. The molecule has 1 heterocycles. The summed E-state index contributed by atoms with van der Waals surface area (Å²) in [4.78, 5) is 36.7. The molecule has 1 saturated carbocycles. The Bertz CT molecular complexity index is 1410. The molecule has 13 atom stereocenters. The number of aliphatic hydroxyl groups excluding tert-OH is 8. The first-order valence-electron chi connectivity index (χ1n) is 28.9. The number of carbonyl (C=O) groups is 2. The van der Waals surface area contributed by atoms with Crippen molar-refractivity contribution in [2.24, 2.45) is 0 Å². The first-order valence-corrected chi connectivity index (χ1v) is 30.4. The van der Waals surface area contributed by atoms with E-state index >= 15 is 0 Å². The molecule has 9 N–H and O–H groups in total. The summed E-state index contributed by atoms with van der Waals surface area (Å²) in [5, 5.41) is 83.2. The highest BCUT2D eigenvalue weighted by Gasteiger charge is 2.55. The van der Waals surface area contributed by atoms with E-state index in [9.17, 15) is 59.9 Å². The highest BCUT2D eigenvalue weighted by molar-refractivity contribution is 7.47. The standard InChI is InChI=1S/C54H103O18P/c1-3-5-7-9-11-13-15-17-19-21-23-25-27-29-31-33-35-37-44(57)69-41(39-67-43(56)36-34-32-30-28-26-24-22-20-18-16-14-12-10-8-6-4-2)40-68-73(65,66)72-53-50(63)48(61)47(60)49(62)52(53)71-54-51(64)46(59)45(58)42(38-55)70-54/h41-42,45-55,58-64H,3-40H2,1-2H3,(H,65,66). The van der Waals surface area contributed by atoms with E-state index in [0.717, 1.165) is 51.4 Å². The second-order valence-corrected chi connectivity index (χ2v) is 22.3. The van der Waals surface area contributed by atoms with Gasteiger partial charge in [-0.15, -0.1) is 0 Å². The number of aliphatic hydroxyl groups is 8. The van der Waals surface area contributed by atoms with Crippen molar-refractivity contribution in [1.29, 1.82) is 0 Å². The van der Waals surface area contributed by atoms with Gasteiger partial charge in [-0.2, -0.15) is 0 Å². The van der Waals surface area contributed by atoms with E-state index in [1.54, 1.807) is 0 Å². The van der Waals surface area contributed by atoms with Crippen LogP contribution in [0, 0.1) is 0 Å². The SMILES string of the molecule is CCCCCCCCCCCCCCCCCCCC(=O)OC(COC(=O)CCCCCCCCCCCCCCCCCC)COP(=O)(O)OC1C(O)C(O)C(O)C(O)C1OC1OC(CO)C(O)C(O)C1O. The topological polar surface area (TPSA) is 289 Å². The number of phosphoric ester groups is 1. The molecule has 2 rings (SSSR count). The van der Waals surface area contributed by atoms with Crippen LogP contribution >= 0.6 is 7.82 Å². The van der Waals surface area contributed by atoms with Crippen LogP contribution in [0.15, 0.2) is 0 Å². The normalized spacial score (nSPS) is 26.6. The van der Waals surface area contributed by atoms with Gasteiger partial charge in [-0.3, -0.25) is 18.6 Å². The molecule has 1 saturated heterocycles. The third kappa shape index (κ3) is 29.8. The molecule has 432 valence electrons. The molecule has 13 unspecified atom stereocenters. The van der Waals surface area contributed by atoms with Crippen LogP contribution in [0.3, 0.4) is 0 Å². The van der Waals surface area contributed by atoms with E-state index in [1.165, 1.54) is 148 Å². The maximum Gasteiger partial charge on any atom is 0.472 e. The smallest absolute Gasteiger partial charge is 0.462 e. The molecule has 73 heavy (non-hydrogen) atoms. The summed E-state index contributed by atoms with van der Waals surface area (Å²) in [6, 6.07) is 0. The third-order valence-corrected chi connectivity index (χ3v) is 15.3. The van der Waals surface area contributed by atoms with Crippen LogP contribution in [-0.4, -0.2) is 151 Å². The van der Waals surface area contributed by atoms with Crippen molar-refractivity contribution < 1.29 is 87.9 Å². The maximum atomic E-state index is 13.5. The van der Waals surface area contributed by atoms with Gasteiger partial charge in [0.2, 0.25) is 0 Å². The summed E-state index contributed by atoms with van der Waals surface area (Å²) in [6.45, 7) is 2.29. The minimum atomic E-state index is -5.37. The molecule has 19 heteroatoms. The molecule has 0 aromatic rings. The van der Waals surface area contributed by atoms with E-state index < -0.39 is 113 Å². The second kappa shape index (κ2) is 41.7. The predicted molar refractivity (Wildman–Crippen MR) is 277 cm³/mol. The molecule has 0 aromatic heterocycles. The first kappa shape index (κ1) is 67.8. The van der Waals surface area contributed by atoms with Crippen LogP contribution in [-0.2, 0) is 42.1 Å². The van der Waals surface area contributed by atoms with Crippen molar-refractivity contribution in [3.8, 4) is 0 Å². The lowest BCUT2D eigenvalue weighted by molar-refractivity contribution is -0.338. The lowest BCUT2D eigenvalue weighted by Crippen LogP contribution is -2.67. The third-order valence-electron chi connectivity index (χ3n) is 14.3. The van der Waals surface area contributed by atoms with Crippen LogP contribution in [0.2, 0.25) is 0 Å². The zero-order valence-electron chi connectivity index (χ0n) is 44.9. The van der Waals surface area contributed by atoms with Gasteiger partial charge in [0, 0.05) is 12.8 Å². The fourth-order valence-corrected chi connectivity index (χ4v) is 10.6. The fourth-order valence-electron chi connectivity index (χ4n) is 9.59. The van der Waals surface area contributed by atoms with Gasteiger partial charge in [0.25, 0.3) is 0 Å². The van der Waals surface area contributed by atoms with Gasteiger partial charge in [0.1, 0.15) is 67.6 Å². The molecule has 2 fully saturated rings. The average molecular weight is 1070 g/mol. The Hall–Kier alpha value is -1.35. The van der Waals surface area contributed by atoms with Gasteiger partial charge >= 0.3 is 19.8 Å². The summed E-state index contributed by atoms with van der Waals surface area (Å²) in [6.07, 6.45) is 15.9. The van der Waals surface area contributed by atoms with E-state index in [1.807, 2.05) is 0 Å². The molecule has 0 aromatic carbocycles. The Morgan fingerprint density at radius 1 is 0.466 bits per heavy atom. The van der Waals surface area contributed by atoms with E-state index in [4.69, 9.17) is 28.0 Å². The maximum absolute atomic E-state index is 13.5. The molecule has 1 aliphatic heterocycles. The zero-order chi connectivity index (χ0) is 53.7. The highest BCUT2D eigenvalue weighted by atomic mass is 31.2. The van der Waals surface area contributed by atoms with Crippen molar-refractivity contribution in [2.75, 3.05) is 19.8 Å². The average Bonchev–Trinajstić information content (AvgIpc) is 3.37. The van der Waals surface area contributed by atoms with Crippen molar-refractivity contribution in [2.45, 2.75) is 312 Å². The predicted octanol–water partition coefficient (Wildman–Crippen LogP) is 8.28. The molecule has 18 nitrogen and oxygen atoms in total. The highest BCUT2D eigenvalue weighted by Crippen LogP contribution is 2.48. The summed E-state index contributed by atoms with van der Waals surface area (Å²) in [7, 11) is -5.37. The van der Waals surface area contributed by atoms with Crippen LogP contribution in [0.1, 0.15) is 239 Å². The van der Waals surface area contributed by atoms with Crippen molar-refractivity contribution in [3.63, 3.8) is 0 Å². The van der Waals surface area contributed by atoms with E-state index in [-0.39, 0.29) is 12.8 Å². The lowest BCUT2D eigenvalue weighted by Gasteiger charge is -2.47. The number of carbonyl (C=O) groups excluding carboxylic acids is 2. The summed E-state index contributed by atoms with van der Waals surface area (Å²) >= 11 is 0.